The Balaban J connectivity index is 1.63. The summed E-state index contributed by atoms with van der Waals surface area (Å²) < 4.78 is 10.6. The summed E-state index contributed by atoms with van der Waals surface area (Å²) in [5, 5.41) is 6.06. The van der Waals surface area contributed by atoms with Gasteiger partial charge in [-0.25, -0.2) is 4.98 Å². The Morgan fingerprint density at radius 1 is 0.926 bits per heavy atom. The Hall–Kier alpha value is -3.54. The van der Waals surface area contributed by atoms with Crippen LogP contribution in [0.25, 0.3) is 0 Å². The number of nitrogens with zero attached hydrogens (tertiary/aromatic N) is 1. The van der Waals surface area contributed by atoms with Crippen LogP contribution < -0.4 is 20.1 Å². The van der Waals surface area contributed by atoms with Crippen molar-refractivity contribution in [2.75, 3.05) is 24.9 Å². The highest BCUT2D eigenvalue weighted by atomic mass is 16.5. The number of methoxy groups -OCH3 is 2. The second kappa shape index (κ2) is 8.71. The molecule has 0 aliphatic carbocycles. The van der Waals surface area contributed by atoms with E-state index in [4.69, 9.17) is 9.47 Å². The maximum absolute atomic E-state index is 12.4. The molecule has 0 saturated carbocycles. The standard InChI is InChI=1S/C21H21N3O3/c1-26-18-9-5-3-7-15(18)13-22-20-12-11-16(14-23-20)21(25)24-17-8-4-6-10-19(17)27-2/h3-12,14H,13H2,1-2H3,(H,22,23)(H,24,25). The Morgan fingerprint density at radius 2 is 1.63 bits per heavy atom. The number of para-hydroxylation sites is 3. The summed E-state index contributed by atoms with van der Waals surface area (Å²) in [4.78, 5) is 16.7. The van der Waals surface area contributed by atoms with Crippen LogP contribution in [0.2, 0.25) is 0 Å². The molecule has 1 aromatic heterocycles. The highest BCUT2D eigenvalue weighted by Gasteiger charge is 2.10. The van der Waals surface area contributed by atoms with Crippen molar-refractivity contribution in [3.63, 3.8) is 0 Å². The third kappa shape index (κ3) is 4.55. The molecule has 0 saturated heterocycles. The fourth-order valence-electron chi connectivity index (χ4n) is 2.61. The number of pyridine rings is 1. The van der Waals surface area contributed by atoms with Crippen LogP contribution in [0.5, 0.6) is 11.5 Å². The van der Waals surface area contributed by atoms with Gasteiger partial charge >= 0.3 is 0 Å². The lowest BCUT2D eigenvalue weighted by Crippen LogP contribution is -2.13. The van der Waals surface area contributed by atoms with E-state index in [9.17, 15) is 4.79 Å². The fraction of sp³-hybridized carbons (Fsp3) is 0.143. The second-order valence-electron chi connectivity index (χ2n) is 5.75. The lowest BCUT2D eigenvalue weighted by atomic mass is 10.2. The number of aromatic nitrogens is 1. The number of carbonyl (C=O) groups is 1. The van der Waals surface area contributed by atoms with Crippen LogP contribution in [0.15, 0.2) is 66.9 Å². The third-order valence-electron chi connectivity index (χ3n) is 4.03. The Labute approximate surface area is 158 Å². The van der Waals surface area contributed by atoms with Crippen LogP contribution in [-0.4, -0.2) is 25.1 Å². The molecule has 0 fully saturated rings. The Kier molecular flexibility index (Phi) is 5.89. The van der Waals surface area contributed by atoms with Gasteiger partial charge in [0.05, 0.1) is 25.5 Å². The van der Waals surface area contributed by atoms with Crippen molar-refractivity contribution in [2.45, 2.75) is 6.54 Å². The molecule has 27 heavy (non-hydrogen) atoms. The van der Waals surface area contributed by atoms with E-state index in [1.165, 1.54) is 6.20 Å². The maximum Gasteiger partial charge on any atom is 0.257 e. The lowest BCUT2D eigenvalue weighted by Gasteiger charge is -2.11. The van der Waals surface area contributed by atoms with Crippen molar-refractivity contribution in [3.05, 3.63) is 78.0 Å². The SMILES string of the molecule is COc1ccccc1CNc1ccc(C(=O)Nc2ccccc2OC)cn1. The molecule has 0 aliphatic heterocycles. The number of amides is 1. The fourth-order valence-corrected chi connectivity index (χ4v) is 2.61. The van der Waals surface area contributed by atoms with E-state index in [1.54, 1.807) is 38.5 Å². The average molecular weight is 363 g/mol. The molecule has 2 N–H and O–H groups in total. The molecule has 0 spiro atoms. The molecule has 0 atom stereocenters. The Bertz CT molecular complexity index is 911. The van der Waals surface area contributed by atoms with Gasteiger partial charge in [0.1, 0.15) is 17.3 Å². The van der Waals surface area contributed by atoms with Gasteiger partial charge in [-0.15, -0.1) is 0 Å². The van der Waals surface area contributed by atoms with Crippen LogP contribution in [0, 0.1) is 0 Å². The van der Waals surface area contributed by atoms with E-state index in [1.807, 2.05) is 36.4 Å². The molecular formula is C21H21N3O3. The zero-order chi connectivity index (χ0) is 19.1. The zero-order valence-electron chi connectivity index (χ0n) is 15.2. The number of nitrogens with one attached hydrogen (secondary N) is 2. The molecule has 0 radical (unpaired) electrons. The third-order valence-corrected chi connectivity index (χ3v) is 4.03. The van der Waals surface area contributed by atoms with Gasteiger partial charge in [0, 0.05) is 18.3 Å². The van der Waals surface area contributed by atoms with Crippen LogP contribution in [0.3, 0.4) is 0 Å². The number of benzene rings is 2. The van der Waals surface area contributed by atoms with Crippen molar-refractivity contribution in [1.82, 2.24) is 4.98 Å². The van der Waals surface area contributed by atoms with Crippen molar-refractivity contribution < 1.29 is 14.3 Å². The molecule has 0 unspecified atom stereocenters. The van der Waals surface area contributed by atoms with Crippen LogP contribution in [0.4, 0.5) is 11.5 Å². The van der Waals surface area contributed by atoms with Gasteiger partial charge in [0.25, 0.3) is 5.91 Å². The molecule has 138 valence electrons. The van der Waals surface area contributed by atoms with Gasteiger partial charge in [-0.1, -0.05) is 30.3 Å². The maximum atomic E-state index is 12.4. The van der Waals surface area contributed by atoms with E-state index in [-0.39, 0.29) is 5.91 Å². The van der Waals surface area contributed by atoms with Crippen molar-refractivity contribution in [3.8, 4) is 11.5 Å². The summed E-state index contributed by atoms with van der Waals surface area (Å²) in [6, 6.07) is 18.5. The van der Waals surface area contributed by atoms with Gasteiger partial charge in [-0.2, -0.15) is 0 Å². The first kappa shape index (κ1) is 18.3. The smallest absolute Gasteiger partial charge is 0.257 e. The monoisotopic (exact) mass is 363 g/mol. The van der Waals surface area contributed by atoms with E-state index < -0.39 is 0 Å². The number of hydrogen-bond acceptors (Lipinski definition) is 5. The minimum Gasteiger partial charge on any atom is -0.496 e. The molecular weight excluding hydrogens is 342 g/mol. The van der Waals surface area contributed by atoms with E-state index in [2.05, 4.69) is 15.6 Å². The largest absolute Gasteiger partial charge is 0.496 e. The van der Waals surface area contributed by atoms with Crippen LogP contribution in [0.1, 0.15) is 15.9 Å². The molecule has 1 heterocycles. The zero-order valence-corrected chi connectivity index (χ0v) is 15.2. The molecule has 0 bridgehead atoms. The van der Waals surface area contributed by atoms with E-state index in [0.717, 1.165) is 11.3 Å². The highest BCUT2D eigenvalue weighted by molar-refractivity contribution is 6.04. The lowest BCUT2D eigenvalue weighted by molar-refractivity contribution is 0.102. The number of hydrogen-bond donors (Lipinski definition) is 2. The van der Waals surface area contributed by atoms with Gasteiger partial charge < -0.3 is 20.1 Å². The first-order valence-corrected chi connectivity index (χ1v) is 8.47. The minimum absolute atomic E-state index is 0.247. The van der Waals surface area contributed by atoms with Crippen LogP contribution >= 0.6 is 0 Å². The Morgan fingerprint density at radius 3 is 2.33 bits per heavy atom. The topological polar surface area (TPSA) is 72.5 Å². The minimum atomic E-state index is -0.247. The predicted molar refractivity (Wildman–Crippen MR) is 106 cm³/mol. The number of anilines is 2. The summed E-state index contributed by atoms with van der Waals surface area (Å²) in [5.41, 5.74) is 2.10. The number of ether oxygens (including phenoxy) is 2. The molecule has 3 aromatic rings. The summed E-state index contributed by atoms with van der Waals surface area (Å²) in [6.07, 6.45) is 1.54. The molecule has 6 heteroatoms. The number of carbonyl (C=O) groups excluding carboxylic acids is 1. The summed E-state index contributed by atoms with van der Waals surface area (Å²) >= 11 is 0. The van der Waals surface area contributed by atoms with Gasteiger partial charge in [0.2, 0.25) is 0 Å². The molecule has 0 aliphatic rings. The van der Waals surface area contributed by atoms with E-state index >= 15 is 0 Å². The van der Waals surface area contributed by atoms with Crippen molar-refractivity contribution in [2.24, 2.45) is 0 Å². The second-order valence-corrected chi connectivity index (χ2v) is 5.75. The molecule has 2 aromatic carbocycles. The summed E-state index contributed by atoms with van der Waals surface area (Å²) in [6.45, 7) is 0.573. The van der Waals surface area contributed by atoms with Crippen molar-refractivity contribution in [1.29, 1.82) is 0 Å². The normalized spacial score (nSPS) is 10.1. The van der Waals surface area contributed by atoms with Gasteiger partial charge in [-0.05, 0) is 30.3 Å². The van der Waals surface area contributed by atoms with Gasteiger partial charge in [-0.3, -0.25) is 4.79 Å². The average Bonchev–Trinajstić information content (AvgIpc) is 2.73. The van der Waals surface area contributed by atoms with E-state index in [0.29, 0.717) is 29.4 Å². The quantitative estimate of drug-likeness (QED) is 0.665. The molecule has 6 nitrogen and oxygen atoms in total. The molecule has 1 amide bonds. The molecule has 3 rings (SSSR count). The first-order valence-electron chi connectivity index (χ1n) is 8.47. The van der Waals surface area contributed by atoms with Gasteiger partial charge in [0.15, 0.2) is 0 Å². The predicted octanol–water partition coefficient (Wildman–Crippen LogP) is 3.96. The summed E-state index contributed by atoms with van der Waals surface area (Å²) in [7, 11) is 3.21. The highest BCUT2D eigenvalue weighted by Crippen LogP contribution is 2.24. The van der Waals surface area contributed by atoms with Crippen molar-refractivity contribution >= 4 is 17.4 Å². The number of rotatable bonds is 7. The van der Waals surface area contributed by atoms with Crippen LogP contribution in [-0.2, 0) is 6.54 Å². The summed E-state index contributed by atoms with van der Waals surface area (Å²) in [5.74, 6) is 1.85. The first-order chi connectivity index (χ1) is 13.2.